The summed E-state index contributed by atoms with van der Waals surface area (Å²) in [5.41, 5.74) is 10.2. The molecule has 5 nitrogen and oxygen atoms in total. The van der Waals surface area contributed by atoms with Crippen LogP contribution in [0.4, 0.5) is 0 Å². The van der Waals surface area contributed by atoms with Crippen molar-refractivity contribution in [2.45, 2.75) is 0 Å². The molecule has 3 aromatic heterocycles. The average Bonchev–Trinajstić information content (AvgIpc) is 3.74. The van der Waals surface area contributed by atoms with Gasteiger partial charge in [0.1, 0.15) is 11.2 Å². The highest BCUT2D eigenvalue weighted by molar-refractivity contribution is 6.09. The first-order valence-corrected chi connectivity index (χ1v) is 16.7. The van der Waals surface area contributed by atoms with Gasteiger partial charge in [-0.25, -0.2) is 15.0 Å². The molecule has 0 bridgehead atoms. The lowest BCUT2D eigenvalue weighted by molar-refractivity contribution is 0.669. The third-order valence-corrected chi connectivity index (χ3v) is 9.49. The zero-order chi connectivity index (χ0) is 33.0. The van der Waals surface area contributed by atoms with Gasteiger partial charge in [-0.3, -0.25) is 0 Å². The van der Waals surface area contributed by atoms with Crippen LogP contribution in [0.2, 0.25) is 0 Å². The van der Waals surface area contributed by atoms with E-state index in [-0.39, 0.29) is 0 Å². The highest BCUT2D eigenvalue weighted by atomic mass is 16.3. The monoisotopic (exact) mass is 640 g/mol. The molecule has 0 saturated carbocycles. The molecule has 10 rings (SSSR count). The van der Waals surface area contributed by atoms with E-state index in [1.165, 1.54) is 21.8 Å². The fraction of sp³-hybridized carbons (Fsp3) is 0. The van der Waals surface area contributed by atoms with E-state index in [0.29, 0.717) is 17.5 Å². The van der Waals surface area contributed by atoms with Gasteiger partial charge >= 0.3 is 0 Å². The van der Waals surface area contributed by atoms with E-state index in [4.69, 9.17) is 19.4 Å². The van der Waals surface area contributed by atoms with Crippen molar-refractivity contribution in [1.29, 1.82) is 0 Å². The molecule has 0 fully saturated rings. The first kappa shape index (κ1) is 28.2. The van der Waals surface area contributed by atoms with Crippen LogP contribution in [0, 0.1) is 0 Å². The van der Waals surface area contributed by atoms with Crippen LogP contribution < -0.4 is 0 Å². The van der Waals surface area contributed by atoms with Gasteiger partial charge in [0.25, 0.3) is 0 Å². The summed E-state index contributed by atoms with van der Waals surface area (Å²) in [5.74, 6) is 1.89. The molecule has 5 heteroatoms. The van der Waals surface area contributed by atoms with E-state index in [0.717, 1.165) is 55.4 Å². The lowest BCUT2D eigenvalue weighted by Crippen LogP contribution is -2.00. The van der Waals surface area contributed by atoms with Gasteiger partial charge in [0.2, 0.25) is 0 Å². The van der Waals surface area contributed by atoms with Gasteiger partial charge in [-0.2, -0.15) is 0 Å². The number of fused-ring (bicyclic) bond motifs is 6. The third-order valence-electron chi connectivity index (χ3n) is 9.49. The Bertz CT molecular complexity index is 2800. The van der Waals surface area contributed by atoms with Crippen molar-refractivity contribution in [3.05, 3.63) is 170 Å². The molecule has 3 heterocycles. The molecule has 0 unspecified atom stereocenters. The Morgan fingerprint density at radius 3 is 1.44 bits per heavy atom. The first-order chi connectivity index (χ1) is 24.8. The largest absolute Gasteiger partial charge is 0.456 e. The normalized spacial score (nSPS) is 11.6. The van der Waals surface area contributed by atoms with Gasteiger partial charge in [-0.05, 0) is 65.7 Å². The number of aromatic nitrogens is 4. The van der Waals surface area contributed by atoms with Crippen molar-refractivity contribution in [2.75, 3.05) is 0 Å². The minimum atomic E-state index is 0.625. The Morgan fingerprint density at radius 1 is 0.340 bits per heavy atom. The summed E-state index contributed by atoms with van der Waals surface area (Å²) >= 11 is 0. The second kappa shape index (κ2) is 11.4. The summed E-state index contributed by atoms with van der Waals surface area (Å²) in [4.78, 5) is 14.9. The molecule has 0 spiro atoms. The van der Waals surface area contributed by atoms with Crippen LogP contribution in [0.15, 0.2) is 174 Å². The fourth-order valence-corrected chi connectivity index (χ4v) is 7.03. The molecule has 0 amide bonds. The summed E-state index contributed by atoms with van der Waals surface area (Å²) < 4.78 is 8.47. The van der Waals surface area contributed by atoms with Gasteiger partial charge in [0.05, 0.1) is 11.0 Å². The van der Waals surface area contributed by atoms with E-state index >= 15 is 0 Å². The summed E-state index contributed by atoms with van der Waals surface area (Å²) in [6, 6.07) is 58.6. The van der Waals surface area contributed by atoms with Gasteiger partial charge in [0.15, 0.2) is 17.5 Å². The minimum Gasteiger partial charge on any atom is -0.456 e. The van der Waals surface area contributed by atoms with Gasteiger partial charge in [0, 0.05) is 43.9 Å². The molecule has 0 aliphatic rings. The second-order valence-electron chi connectivity index (χ2n) is 12.5. The molecule has 0 N–H and O–H groups in total. The molecule has 0 saturated heterocycles. The SMILES string of the molecule is c1ccc(-c2nc(-c3ccc(-c4ccc5c(c4)oc4ccccc45)cc3)nc(-c3ccc(-n4c5ccccc5c5ccccc54)cc3)n2)cc1. The Kier molecular flexibility index (Phi) is 6.42. The predicted molar refractivity (Wildman–Crippen MR) is 203 cm³/mol. The Hall–Kier alpha value is -6.85. The van der Waals surface area contributed by atoms with E-state index in [1.54, 1.807) is 0 Å². The van der Waals surface area contributed by atoms with Crippen LogP contribution in [0.25, 0.3) is 94.7 Å². The fourth-order valence-electron chi connectivity index (χ4n) is 7.03. The molecule has 0 aliphatic heterocycles. The quantitative estimate of drug-likeness (QED) is 0.188. The predicted octanol–water partition coefficient (Wildman–Crippen LogP) is 11.5. The molecule has 0 radical (unpaired) electrons. The van der Waals surface area contributed by atoms with Crippen molar-refractivity contribution in [3.8, 4) is 51.0 Å². The maximum atomic E-state index is 6.16. The van der Waals surface area contributed by atoms with E-state index in [9.17, 15) is 0 Å². The molecule has 10 aromatic rings. The number of hydrogen-bond acceptors (Lipinski definition) is 4. The molecule has 234 valence electrons. The maximum absolute atomic E-state index is 6.16. The summed E-state index contributed by atoms with van der Waals surface area (Å²) in [7, 11) is 0. The zero-order valence-corrected chi connectivity index (χ0v) is 26.9. The highest BCUT2D eigenvalue weighted by Crippen LogP contribution is 2.35. The summed E-state index contributed by atoms with van der Waals surface area (Å²) in [6.07, 6.45) is 0. The molecule has 7 aromatic carbocycles. The first-order valence-electron chi connectivity index (χ1n) is 16.7. The number of hydrogen-bond donors (Lipinski definition) is 0. The Balaban J connectivity index is 1.04. The number of rotatable bonds is 5. The van der Waals surface area contributed by atoms with Gasteiger partial charge < -0.3 is 8.98 Å². The van der Waals surface area contributed by atoms with Crippen LogP contribution in [0.1, 0.15) is 0 Å². The molecular weight excluding hydrogens is 613 g/mol. The van der Waals surface area contributed by atoms with Crippen LogP contribution in [-0.2, 0) is 0 Å². The van der Waals surface area contributed by atoms with Crippen LogP contribution in [-0.4, -0.2) is 19.5 Å². The third kappa shape index (κ3) is 4.67. The Labute approximate surface area is 287 Å². The Morgan fingerprint density at radius 2 is 0.800 bits per heavy atom. The van der Waals surface area contributed by atoms with Crippen LogP contribution in [0.3, 0.4) is 0 Å². The van der Waals surface area contributed by atoms with Crippen molar-refractivity contribution in [2.24, 2.45) is 0 Å². The summed E-state index contributed by atoms with van der Waals surface area (Å²) in [5, 5.41) is 4.73. The van der Waals surface area contributed by atoms with E-state index in [2.05, 4.69) is 126 Å². The number of para-hydroxylation sites is 3. The lowest BCUT2D eigenvalue weighted by Gasteiger charge is -2.11. The van der Waals surface area contributed by atoms with Gasteiger partial charge in [-0.1, -0.05) is 115 Å². The average molecular weight is 641 g/mol. The van der Waals surface area contributed by atoms with Crippen molar-refractivity contribution < 1.29 is 4.42 Å². The molecular formula is C45H28N4O. The smallest absolute Gasteiger partial charge is 0.164 e. The topological polar surface area (TPSA) is 56.7 Å². The van der Waals surface area contributed by atoms with E-state index in [1.807, 2.05) is 48.5 Å². The standard InChI is InChI=1S/C45H28N4O/c1-2-10-30(11-3-1)43-46-44(31-20-18-29(19-21-31)33-24-27-38-37-14-6-9-17-41(37)50-42(38)28-33)48-45(47-43)32-22-25-34(26-23-32)49-39-15-7-4-12-35(39)36-13-5-8-16-40(36)49/h1-28H. The number of nitrogens with zero attached hydrogens (tertiary/aromatic N) is 4. The van der Waals surface area contributed by atoms with Crippen LogP contribution in [0.5, 0.6) is 0 Å². The van der Waals surface area contributed by atoms with Crippen molar-refractivity contribution in [3.63, 3.8) is 0 Å². The minimum absolute atomic E-state index is 0.625. The number of furan rings is 1. The maximum Gasteiger partial charge on any atom is 0.164 e. The highest BCUT2D eigenvalue weighted by Gasteiger charge is 2.15. The van der Waals surface area contributed by atoms with E-state index < -0.39 is 0 Å². The summed E-state index contributed by atoms with van der Waals surface area (Å²) in [6.45, 7) is 0. The molecule has 0 atom stereocenters. The van der Waals surface area contributed by atoms with Crippen molar-refractivity contribution >= 4 is 43.7 Å². The van der Waals surface area contributed by atoms with Gasteiger partial charge in [-0.15, -0.1) is 0 Å². The lowest BCUT2D eigenvalue weighted by atomic mass is 10.0. The molecule has 50 heavy (non-hydrogen) atoms. The van der Waals surface area contributed by atoms with Crippen molar-refractivity contribution in [1.82, 2.24) is 19.5 Å². The second-order valence-corrected chi connectivity index (χ2v) is 12.5. The van der Waals surface area contributed by atoms with Crippen LogP contribution >= 0.6 is 0 Å². The zero-order valence-electron chi connectivity index (χ0n) is 26.9. The number of benzene rings is 7. The molecule has 0 aliphatic carbocycles.